The van der Waals surface area contributed by atoms with Crippen molar-refractivity contribution in [2.24, 2.45) is 0 Å². The minimum Gasteiger partial charge on any atom is -0.398 e. The third-order valence-electron chi connectivity index (χ3n) is 3.37. The number of nitrogens with two attached hydrogens (primary N) is 1. The summed E-state index contributed by atoms with van der Waals surface area (Å²) in [5.41, 5.74) is 6.69. The van der Waals surface area contributed by atoms with Crippen LogP contribution in [-0.4, -0.2) is 50.2 Å². The van der Waals surface area contributed by atoms with Crippen LogP contribution in [0.4, 0.5) is 5.69 Å². The van der Waals surface area contributed by atoms with Crippen molar-refractivity contribution in [2.75, 3.05) is 32.4 Å². The summed E-state index contributed by atoms with van der Waals surface area (Å²) >= 11 is 0. The lowest BCUT2D eigenvalue weighted by Gasteiger charge is -2.31. The number of nitrogen functional groups attached to an aromatic ring is 1. The Morgan fingerprint density at radius 2 is 1.95 bits per heavy atom. The first-order valence-electron chi connectivity index (χ1n) is 5.93. The minimum atomic E-state index is -3.67. The molecule has 0 atom stereocenters. The summed E-state index contributed by atoms with van der Waals surface area (Å²) in [6.45, 7) is 2.26. The van der Waals surface area contributed by atoms with E-state index in [0.29, 0.717) is 24.3 Å². The molecule has 1 heterocycles. The Hall–Kier alpha value is -1.60. The van der Waals surface area contributed by atoms with Crippen LogP contribution in [0.25, 0.3) is 0 Å². The topological polar surface area (TPSA) is 83.7 Å². The highest BCUT2D eigenvalue weighted by Crippen LogP contribution is 2.24. The maximum Gasteiger partial charge on any atom is 0.243 e. The molecule has 1 aromatic carbocycles. The Labute approximate surface area is 112 Å². The van der Waals surface area contributed by atoms with Gasteiger partial charge in [0.25, 0.3) is 0 Å². The van der Waals surface area contributed by atoms with Gasteiger partial charge >= 0.3 is 0 Å². The van der Waals surface area contributed by atoms with Gasteiger partial charge in [0.15, 0.2) is 0 Å². The molecule has 1 aliphatic rings. The standard InChI is InChI=1S/C12H17N3O3S/c1-9-10(13)4-3-5-11(9)19(17,18)15-7-6-14(2)12(16)8-15/h3-5H,6-8,13H2,1-2H3. The highest BCUT2D eigenvalue weighted by Gasteiger charge is 2.32. The second-order valence-electron chi connectivity index (χ2n) is 4.62. The van der Waals surface area contributed by atoms with Crippen molar-refractivity contribution < 1.29 is 13.2 Å². The van der Waals surface area contributed by atoms with Crippen LogP contribution < -0.4 is 5.73 Å². The van der Waals surface area contributed by atoms with Gasteiger partial charge in [-0.1, -0.05) is 6.07 Å². The number of sulfonamides is 1. The zero-order valence-electron chi connectivity index (χ0n) is 11.0. The van der Waals surface area contributed by atoms with Crippen LogP contribution >= 0.6 is 0 Å². The molecule has 19 heavy (non-hydrogen) atoms. The fourth-order valence-corrected chi connectivity index (χ4v) is 3.63. The average Bonchev–Trinajstić information content (AvgIpc) is 2.35. The normalized spacial score (nSPS) is 17.8. The first-order valence-corrected chi connectivity index (χ1v) is 7.37. The van der Waals surface area contributed by atoms with Crippen molar-refractivity contribution in [3.05, 3.63) is 23.8 Å². The lowest BCUT2D eigenvalue weighted by molar-refractivity contribution is -0.132. The molecule has 104 valence electrons. The van der Waals surface area contributed by atoms with Crippen molar-refractivity contribution >= 4 is 21.6 Å². The summed E-state index contributed by atoms with van der Waals surface area (Å²) in [5, 5.41) is 0. The van der Waals surface area contributed by atoms with Crippen molar-refractivity contribution in [1.29, 1.82) is 0 Å². The molecule has 0 bridgehead atoms. The smallest absolute Gasteiger partial charge is 0.243 e. The van der Waals surface area contributed by atoms with E-state index in [-0.39, 0.29) is 17.3 Å². The van der Waals surface area contributed by atoms with E-state index in [9.17, 15) is 13.2 Å². The van der Waals surface area contributed by atoms with Gasteiger partial charge in [-0.05, 0) is 24.6 Å². The maximum atomic E-state index is 12.5. The van der Waals surface area contributed by atoms with Crippen molar-refractivity contribution in [1.82, 2.24) is 9.21 Å². The summed E-state index contributed by atoms with van der Waals surface area (Å²) < 4.78 is 26.2. The van der Waals surface area contributed by atoms with Crippen LogP contribution in [0.5, 0.6) is 0 Å². The molecular weight excluding hydrogens is 266 g/mol. The molecule has 6 nitrogen and oxygen atoms in total. The Morgan fingerprint density at radius 1 is 1.26 bits per heavy atom. The molecule has 2 N–H and O–H groups in total. The van der Waals surface area contributed by atoms with Crippen LogP contribution in [0.2, 0.25) is 0 Å². The van der Waals surface area contributed by atoms with Crippen molar-refractivity contribution in [3.8, 4) is 0 Å². The van der Waals surface area contributed by atoms with Crippen molar-refractivity contribution in [2.45, 2.75) is 11.8 Å². The van der Waals surface area contributed by atoms with E-state index in [1.807, 2.05) is 0 Å². The highest BCUT2D eigenvalue weighted by atomic mass is 32.2. The number of anilines is 1. The van der Waals surface area contributed by atoms with Gasteiger partial charge in [-0.15, -0.1) is 0 Å². The number of amides is 1. The molecule has 1 amide bonds. The summed E-state index contributed by atoms with van der Waals surface area (Å²) in [6, 6.07) is 4.78. The SMILES string of the molecule is Cc1c(N)cccc1S(=O)(=O)N1CCN(C)C(=O)C1. The number of piperazine rings is 1. The molecule has 0 spiro atoms. The molecule has 2 rings (SSSR count). The summed E-state index contributed by atoms with van der Waals surface area (Å²) in [5.74, 6) is -0.198. The molecule has 7 heteroatoms. The third kappa shape index (κ3) is 2.43. The van der Waals surface area contributed by atoms with Crippen LogP contribution in [0.3, 0.4) is 0 Å². The van der Waals surface area contributed by atoms with Gasteiger partial charge in [0.1, 0.15) is 0 Å². The number of rotatable bonds is 2. The second-order valence-corrected chi connectivity index (χ2v) is 6.53. The zero-order valence-corrected chi connectivity index (χ0v) is 11.8. The van der Waals surface area contributed by atoms with Gasteiger partial charge in [0, 0.05) is 25.8 Å². The highest BCUT2D eigenvalue weighted by molar-refractivity contribution is 7.89. The first kappa shape index (κ1) is 13.8. The molecule has 0 unspecified atom stereocenters. The van der Waals surface area contributed by atoms with Crippen LogP contribution in [0, 0.1) is 6.92 Å². The van der Waals surface area contributed by atoms with E-state index < -0.39 is 10.0 Å². The lowest BCUT2D eigenvalue weighted by Crippen LogP contribution is -2.50. The number of hydrogen-bond donors (Lipinski definition) is 1. The number of hydrogen-bond acceptors (Lipinski definition) is 4. The van der Waals surface area contributed by atoms with E-state index in [4.69, 9.17) is 5.73 Å². The number of nitrogens with zero attached hydrogens (tertiary/aromatic N) is 2. The van der Waals surface area contributed by atoms with Crippen LogP contribution in [0.15, 0.2) is 23.1 Å². The third-order valence-corrected chi connectivity index (χ3v) is 5.36. The van der Waals surface area contributed by atoms with Gasteiger partial charge in [-0.2, -0.15) is 4.31 Å². The predicted octanol–water partition coefficient (Wildman–Crippen LogP) is 0.0399. The summed E-state index contributed by atoms with van der Waals surface area (Å²) in [7, 11) is -2.00. The van der Waals surface area contributed by atoms with E-state index >= 15 is 0 Å². The van der Waals surface area contributed by atoms with Gasteiger partial charge in [0.05, 0.1) is 11.4 Å². The number of carbonyl (C=O) groups excluding carboxylic acids is 1. The Balaban J connectivity index is 2.38. The van der Waals surface area contributed by atoms with E-state index in [2.05, 4.69) is 0 Å². The Kier molecular flexibility index (Phi) is 3.51. The van der Waals surface area contributed by atoms with Gasteiger partial charge in [-0.3, -0.25) is 4.79 Å². The lowest BCUT2D eigenvalue weighted by atomic mass is 10.2. The molecular formula is C12H17N3O3S. The quantitative estimate of drug-likeness (QED) is 0.777. The molecule has 1 saturated heterocycles. The van der Waals surface area contributed by atoms with E-state index in [1.165, 1.54) is 15.3 Å². The van der Waals surface area contributed by atoms with Crippen LogP contribution in [0.1, 0.15) is 5.56 Å². The molecule has 0 saturated carbocycles. The molecule has 0 aromatic heterocycles. The number of carbonyl (C=O) groups is 1. The van der Waals surface area contributed by atoms with Gasteiger partial charge < -0.3 is 10.6 Å². The van der Waals surface area contributed by atoms with Gasteiger partial charge in [-0.25, -0.2) is 8.42 Å². The Morgan fingerprint density at radius 3 is 2.58 bits per heavy atom. The molecule has 1 aliphatic heterocycles. The fraction of sp³-hybridized carbons (Fsp3) is 0.417. The first-order chi connectivity index (χ1) is 8.84. The van der Waals surface area contributed by atoms with Crippen LogP contribution in [-0.2, 0) is 14.8 Å². The maximum absolute atomic E-state index is 12.5. The summed E-state index contributed by atoms with van der Waals surface area (Å²) in [4.78, 5) is 13.3. The van der Waals surface area contributed by atoms with E-state index in [0.717, 1.165) is 0 Å². The predicted molar refractivity (Wildman–Crippen MR) is 72.0 cm³/mol. The number of likely N-dealkylation sites (N-methyl/N-ethyl adjacent to an activating group) is 1. The molecule has 1 fully saturated rings. The molecule has 0 radical (unpaired) electrons. The second kappa shape index (κ2) is 4.82. The molecule has 1 aromatic rings. The largest absolute Gasteiger partial charge is 0.398 e. The fourth-order valence-electron chi connectivity index (χ4n) is 1.99. The zero-order chi connectivity index (χ0) is 14.2. The minimum absolute atomic E-state index is 0.118. The molecule has 0 aliphatic carbocycles. The average molecular weight is 283 g/mol. The summed E-state index contributed by atoms with van der Waals surface area (Å²) in [6.07, 6.45) is 0. The number of benzene rings is 1. The van der Waals surface area contributed by atoms with Crippen molar-refractivity contribution in [3.63, 3.8) is 0 Å². The Bertz CT molecular complexity index is 613. The van der Waals surface area contributed by atoms with E-state index in [1.54, 1.807) is 26.1 Å². The van der Waals surface area contributed by atoms with Gasteiger partial charge in [0.2, 0.25) is 15.9 Å². The monoisotopic (exact) mass is 283 g/mol.